The van der Waals surface area contributed by atoms with Crippen molar-refractivity contribution in [1.82, 2.24) is 9.80 Å². The van der Waals surface area contributed by atoms with E-state index in [1.54, 1.807) is 54.6 Å². The van der Waals surface area contributed by atoms with Gasteiger partial charge in [-0.1, -0.05) is 18.2 Å². The van der Waals surface area contributed by atoms with Gasteiger partial charge in [-0.3, -0.25) is 14.4 Å². The Morgan fingerprint density at radius 2 is 1.57 bits per heavy atom. The van der Waals surface area contributed by atoms with E-state index >= 15 is 0 Å². The normalized spacial score (nSPS) is 18.1. The summed E-state index contributed by atoms with van der Waals surface area (Å²) in [5, 5.41) is 0. The molecule has 1 heterocycles. The number of nitrogens with one attached hydrogen (secondary N) is 1. The molecule has 28 heavy (non-hydrogen) atoms. The van der Waals surface area contributed by atoms with Crippen LogP contribution in [-0.2, 0) is 10.0 Å². The summed E-state index contributed by atoms with van der Waals surface area (Å²) in [5.41, 5.74) is 1.02. The lowest BCUT2D eigenvalue weighted by molar-refractivity contribution is 0.0632. The van der Waals surface area contributed by atoms with Crippen molar-refractivity contribution in [2.45, 2.75) is 17.7 Å². The van der Waals surface area contributed by atoms with Crippen LogP contribution in [0.4, 0.5) is 5.69 Å². The number of carbonyl (C=O) groups is 1. The molecule has 0 radical (unpaired) electrons. The second-order valence-electron chi connectivity index (χ2n) is 7.53. The first-order chi connectivity index (χ1) is 13.5. The summed E-state index contributed by atoms with van der Waals surface area (Å²) in [6.07, 6.45) is 2.69. The molecule has 2 fully saturated rings. The zero-order valence-electron chi connectivity index (χ0n) is 15.8. The van der Waals surface area contributed by atoms with E-state index in [1.807, 2.05) is 4.90 Å². The summed E-state index contributed by atoms with van der Waals surface area (Å²) < 4.78 is 27.3. The largest absolute Gasteiger partial charge is 0.336 e. The molecule has 0 bridgehead atoms. The summed E-state index contributed by atoms with van der Waals surface area (Å²) in [7, 11) is -3.63. The van der Waals surface area contributed by atoms with E-state index in [4.69, 9.17) is 0 Å². The molecule has 1 saturated heterocycles. The first-order valence-corrected chi connectivity index (χ1v) is 11.2. The number of carbonyl (C=O) groups excluding carboxylic acids is 1. The SMILES string of the molecule is O=C(c1ccc(NS(=O)(=O)c2ccccc2)cc1)N1CCN(CC2CC2)CC1. The van der Waals surface area contributed by atoms with Crippen LogP contribution in [0.3, 0.4) is 0 Å². The summed E-state index contributed by atoms with van der Waals surface area (Å²) in [6.45, 7) is 4.51. The first kappa shape index (κ1) is 19.0. The zero-order valence-corrected chi connectivity index (χ0v) is 16.6. The Morgan fingerprint density at radius 1 is 0.929 bits per heavy atom. The Labute approximate surface area is 166 Å². The van der Waals surface area contributed by atoms with Crippen LogP contribution >= 0.6 is 0 Å². The topological polar surface area (TPSA) is 69.7 Å². The molecule has 1 amide bonds. The molecular formula is C21H25N3O3S. The molecule has 2 aromatic rings. The van der Waals surface area contributed by atoms with Gasteiger partial charge in [-0.25, -0.2) is 8.42 Å². The number of anilines is 1. The molecule has 148 valence electrons. The lowest BCUT2D eigenvalue weighted by Gasteiger charge is -2.34. The minimum absolute atomic E-state index is 0.00328. The lowest BCUT2D eigenvalue weighted by atomic mass is 10.1. The first-order valence-electron chi connectivity index (χ1n) is 9.71. The van der Waals surface area contributed by atoms with Gasteiger partial charge in [-0.05, 0) is 55.2 Å². The minimum atomic E-state index is -3.63. The lowest BCUT2D eigenvalue weighted by Crippen LogP contribution is -2.49. The summed E-state index contributed by atoms with van der Waals surface area (Å²) >= 11 is 0. The average molecular weight is 400 g/mol. The fourth-order valence-corrected chi connectivity index (χ4v) is 4.56. The highest BCUT2D eigenvalue weighted by atomic mass is 32.2. The Bertz CT molecular complexity index is 917. The third kappa shape index (κ3) is 4.54. The van der Waals surface area contributed by atoms with Crippen LogP contribution in [0.5, 0.6) is 0 Å². The number of rotatable bonds is 6. The van der Waals surface area contributed by atoms with E-state index in [9.17, 15) is 13.2 Å². The number of benzene rings is 2. The summed E-state index contributed by atoms with van der Waals surface area (Å²) in [4.78, 5) is 17.3. The van der Waals surface area contributed by atoms with Crippen LogP contribution in [0.1, 0.15) is 23.2 Å². The van der Waals surface area contributed by atoms with E-state index in [0.29, 0.717) is 11.3 Å². The smallest absolute Gasteiger partial charge is 0.261 e. The van der Waals surface area contributed by atoms with Gasteiger partial charge in [-0.15, -0.1) is 0 Å². The molecule has 0 spiro atoms. The van der Waals surface area contributed by atoms with Crippen LogP contribution < -0.4 is 4.72 Å². The van der Waals surface area contributed by atoms with Crippen LogP contribution in [0.25, 0.3) is 0 Å². The molecule has 1 N–H and O–H groups in total. The van der Waals surface area contributed by atoms with Crippen LogP contribution in [0.2, 0.25) is 0 Å². The Kier molecular flexibility index (Phi) is 5.37. The number of hydrogen-bond donors (Lipinski definition) is 1. The monoisotopic (exact) mass is 399 g/mol. The summed E-state index contributed by atoms with van der Waals surface area (Å²) in [6, 6.07) is 14.9. The molecule has 2 aliphatic rings. The van der Waals surface area contributed by atoms with Gasteiger partial charge in [0.25, 0.3) is 15.9 Å². The van der Waals surface area contributed by atoms with Crippen LogP contribution in [0, 0.1) is 5.92 Å². The number of amides is 1. The van der Waals surface area contributed by atoms with Crippen LogP contribution in [0.15, 0.2) is 59.5 Å². The fraction of sp³-hybridized carbons (Fsp3) is 0.381. The second-order valence-corrected chi connectivity index (χ2v) is 9.21. The fourth-order valence-electron chi connectivity index (χ4n) is 3.48. The number of sulfonamides is 1. The Morgan fingerprint density at radius 3 is 2.18 bits per heavy atom. The average Bonchev–Trinajstić information content (AvgIpc) is 3.53. The van der Waals surface area contributed by atoms with Crippen molar-refractivity contribution in [3.05, 3.63) is 60.2 Å². The molecule has 4 rings (SSSR count). The van der Waals surface area contributed by atoms with Crippen molar-refractivity contribution in [2.75, 3.05) is 37.4 Å². The molecular weight excluding hydrogens is 374 g/mol. The predicted octanol–water partition coefficient (Wildman–Crippen LogP) is 2.66. The van der Waals surface area contributed by atoms with E-state index in [-0.39, 0.29) is 10.8 Å². The quantitative estimate of drug-likeness (QED) is 0.811. The van der Waals surface area contributed by atoms with Crippen molar-refractivity contribution in [1.29, 1.82) is 0 Å². The Hall–Kier alpha value is -2.38. The van der Waals surface area contributed by atoms with Gasteiger partial charge in [0, 0.05) is 44.0 Å². The van der Waals surface area contributed by atoms with E-state index in [0.717, 1.165) is 38.6 Å². The molecule has 1 aliphatic carbocycles. The maximum absolute atomic E-state index is 12.7. The van der Waals surface area contributed by atoms with E-state index < -0.39 is 10.0 Å². The molecule has 0 aromatic heterocycles. The predicted molar refractivity (Wildman–Crippen MR) is 109 cm³/mol. The van der Waals surface area contributed by atoms with Gasteiger partial charge in [0.15, 0.2) is 0 Å². The highest BCUT2D eigenvalue weighted by Crippen LogP contribution is 2.30. The van der Waals surface area contributed by atoms with Crippen LogP contribution in [-0.4, -0.2) is 56.8 Å². The Balaban J connectivity index is 1.36. The van der Waals surface area contributed by atoms with Gasteiger partial charge < -0.3 is 4.90 Å². The molecule has 0 unspecified atom stereocenters. The molecule has 7 heteroatoms. The molecule has 1 saturated carbocycles. The van der Waals surface area contributed by atoms with E-state index in [1.165, 1.54) is 12.8 Å². The number of hydrogen-bond acceptors (Lipinski definition) is 4. The van der Waals surface area contributed by atoms with Gasteiger partial charge in [0.2, 0.25) is 0 Å². The molecule has 6 nitrogen and oxygen atoms in total. The number of piperazine rings is 1. The van der Waals surface area contributed by atoms with Crippen molar-refractivity contribution in [3.8, 4) is 0 Å². The highest BCUT2D eigenvalue weighted by molar-refractivity contribution is 7.92. The maximum atomic E-state index is 12.7. The third-order valence-electron chi connectivity index (χ3n) is 5.31. The third-order valence-corrected chi connectivity index (χ3v) is 6.71. The summed E-state index contributed by atoms with van der Waals surface area (Å²) in [5.74, 6) is 0.873. The molecule has 0 atom stereocenters. The van der Waals surface area contributed by atoms with Gasteiger partial charge in [0.1, 0.15) is 0 Å². The zero-order chi connectivity index (χ0) is 19.6. The standard InChI is InChI=1S/C21H25N3O3S/c25-21(24-14-12-23(13-15-24)16-17-6-7-17)18-8-10-19(11-9-18)22-28(26,27)20-4-2-1-3-5-20/h1-5,8-11,17,22H,6-7,12-16H2. The maximum Gasteiger partial charge on any atom is 0.261 e. The molecule has 2 aromatic carbocycles. The highest BCUT2D eigenvalue weighted by Gasteiger charge is 2.28. The minimum Gasteiger partial charge on any atom is -0.336 e. The van der Waals surface area contributed by atoms with Crippen molar-refractivity contribution in [2.24, 2.45) is 5.92 Å². The van der Waals surface area contributed by atoms with Gasteiger partial charge >= 0.3 is 0 Å². The number of nitrogens with zero attached hydrogens (tertiary/aromatic N) is 2. The van der Waals surface area contributed by atoms with Crippen molar-refractivity contribution >= 4 is 21.6 Å². The molecule has 1 aliphatic heterocycles. The van der Waals surface area contributed by atoms with Gasteiger partial charge in [0.05, 0.1) is 4.90 Å². The van der Waals surface area contributed by atoms with Crippen molar-refractivity contribution < 1.29 is 13.2 Å². The van der Waals surface area contributed by atoms with Crippen molar-refractivity contribution in [3.63, 3.8) is 0 Å². The second kappa shape index (κ2) is 7.93. The van der Waals surface area contributed by atoms with E-state index in [2.05, 4.69) is 9.62 Å². The van der Waals surface area contributed by atoms with Gasteiger partial charge in [-0.2, -0.15) is 0 Å².